The maximum atomic E-state index is 14.3. The van der Waals surface area contributed by atoms with Gasteiger partial charge in [0.2, 0.25) is 11.6 Å². The normalized spacial score (nSPS) is 26.5. The van der Waals surface area contributed by atoms with Crippen molar-refractivity contribution in [2.45, 2.75) is 184 Å². The molecule has 0 aromatic rings. The number of ketones is 4. The van der Waals surface area contributed by atoms with Crippen molar-refractivity contribution in [2.75, 3.05) is 19.7 Å². The lowest BCUT2D eigenvalue weighted by atomic mass is 9.47. The second kappa shape index (κ2) is 30.0. The smallest absolute Gasteiger partial charge is 0.439 e. The number of carbonyl (C=O) groups is 6. The molecule has 1 saturated heterocycles. The number of hydrogen-bond acceptors (Lipinski definition) is 23. The lowest BCUT2D eigenvalue weighted by Crippen LogP contribution is -2.65. The first-order chi connectivity index (χ1) is 46.6. The van der Waals surface area contributed by atoms with Crippen LogP contribution in [-0.4, -0.2) is 198 Å². The van der Waals surface area contributed by atoms with Crippen molar-refractivity contribution >= 4 is 95.7 Å². The molecule has 4 atom stereocenters. The Kier molecular flexibility index (Phi) is 26.2. The zero-order chi connectivity index (χ0) is 82.1. The summed E-state index contributed by atoms with van der Waals surface area (Å²) >= 11 is 0. The fourth-order valence-corrected chi connectivity index (χ4v) is 18.4. The Morgan fingerprint density at radius 3 is 1.20 bits per heavy atom. The maximum absolute atomic E-state index is 14.3. The first-order valence-corrected chi connectivity index (χ1v) is 38.4. The van der Waals surface area contributed by atoms with Gasteiger partial charge in [-0.25, -0.2) is 18.0 Å². The largest absolute Gasteiger partial charge is 0.507 e. The van der Waals surface area contributed by atoms with Crippen LogP contribution in [0, 0.1) is 35.0 Å². The van der Waals surface area contributed by atoms with Crippen LogP contribution in [0.1, 0.15) is 124 Å². The summed E-state index contributed by atoms with van der Waals surface area (Å²) in [6.07, 6.45) is 1.01. The van der Waals surface area contributed by atoms with Crippen molar-refractivity contribution in [1.82, 2.24) is 4.31 Å². The molecule has 50 heteroatoms. The Morgan fingerprint density at radius 2 is 0.848 bits per heavy atom. The third kappa shape index (κ3) is 18.3. The fourth-order valence-electron chi connectivity index (χ4n) is 13.9. The average molecular weight is 1670 g/mol. The van der Waals surface area contributed by atoms with Gasteiger partial charge in [0.15, 0.2) is 11.6 Å². The molecule has 105 heavy (non-hydrogen) atoms. The summed E-state index contributed by atoms with van der Waals surface area (Å²) in [4.78, 5) is 69.6. The standard InChI is InChI=1S/C17H20F6O8S2.C17H22F2O6S.C14H17F6NO8S2.C7H8F2O5S/c1-9(2)12(24)30-13-4-10-3-11(5-13)7-14(6-10,8-13)31-33(28,29)17(22,23)15(18,19)16(20,21)32(25,26)27;1-10(2)14(21)25-16-6-11-3-12(7-16)5-15(4-11,9-16)8-13(20)17(18,19)26(22,23)24;1-8(7-22)10(23)6-11(24)9-2-4-21(5-3-9)30(25,26)13(17,18)12(15,16)14(19,20)31(27,28)29;1-4(2)5(10)3-6(11)7(8,9)15(12,13)14/h10-11H,1,3-8H2,2H3,(H,25,26,27);11-12H,1,3-9H2,2H3,(H,22,23,24);6,9,22-23H,1-5,7H2,(H,27,28,29);1,3H2,2H3,(H,12,13,14). The van der Waals surface area contributed by atoms with E-state index in [4.69, 9.17) is 32.8 Å². The fraction of sp³-hybridized carbons (Fsp3) is 0.709. The Labute approximate surface area is 587 Å². The summed E-state index contributed by atoms with van der Waals surface area (Å²) in [5.74, 6) is -23.6. The molecule has 1 heterocycles. The number of Topliss-reactive ketones (excluding diaryl/α,β-unsaturated/α-hetero) is 3. The number of hydrogen-bond donors (Lipinski definition) is 6. The summed E-state index contributed by atoms with van der Waals surface area (Å²) in [5.41, 5.74) is -5.23. The third-order valence-electron chi connectivity index (χ3n) is 18.1. The number of aliphatic hydroxyl groups is 2. The molecule has 4 unspecified atom stereocenters. The van der Waals surface area contributed by atoms with Crippen molar-refractivity contribution in [1.29, 1.82) is 0 Å². The van der Waals surface area contributed by atoms with E-state index in [0.29, 0.717) is 38.2 Å². The van der Waals surface area contributed by atoms with E-state index in [1.807, 2.05) is 0 Å². The number of rotatable bonds is 28. The van der Waals surface area contributed by atoms with E-state index < -0.39 is 237 Å². The average Bonchev–Trinajstić information content (AvgIpc) is 0.729. The van der Waals surface area contributed by atoms with Gasteiger partial charge in [0.25, 0.3) is 10.0 Å². The van der Waals surface area contributed by atoms with E-state index in [1.54, 1.807) is 0 Å². The predicted molar refractivity (Wildman–Crippen MR) is 322 cm³/mol. The molecule has 0 spiro atoms. The second-order valence-corrected chi connectivity index (χ2v) is 36.2. The number of allylic oxidation sites excluding steroid dienone is 2. The van der Waals surface area contributed by atoms with Crippen molar-refractivity contribution < 1.29 is 192 Å². The number of halogens is 16. The summed E-state index contributed by atoms with van der Waals surface area (Å²) in [6, 6.07) is 0. The zero-order valence-electron chi connectivity index (χ0n) is 54.4. The minimum atomic E-state index is -7.14. The molecule has 0 aromatic carbocycles. The first kappa shape index (κ1) is 91.8. The SMILES string of the molecule is C=C(C)C(=O)CC(=O)C(F)(F)S(=O)(=O)O.C=C(C)C(=O)OC12CC3CC(C1)CC(OS(=O)(=O)C(F)(F)C(F)(F)C(F)(F)S(=O)(=O)O)(C3)C2.C=C(C)C(=O)OC12CC3CC(CC(CC(=O)C(F)(F)S(=O)(=O)O)(C3)C1)C2.C=C(CO)C(O)=CC(=O)C1CCN(S(=O)(=O)C(F)(F)C(F)(F)C(F)(F)S(=O)(=O)O)CC1. The summed E-state index contributed by atoms with van der Waals surface area (Å²) < 4.78 is 398. The van der Waals surface area contributed by atoms with E-state index >= 15 is 0 Å². The Hall–Kier alpha value is -5.58. The number of nitrogens with zero attached hydrogens (tertiary/aromatic N) is 1. The number of esters is 2. The van der Waals surface area contributed by atoms with Gasteiger partial charge in [-0.2, -0.15) is 117 Å². The monoisotopic (exact) mass is 1670 g/mol. The van der Waals surface area contributed by atoms with Gasteiger partial charge in [-0.05, 0) is 139 Å². The van der Waals surface area contributed by atoms with Crippen molar-refractivity contribution in [2.24, 2.45) is 35.0 Å². The first-order valence-electron chi connectivity index (χ1n) is 29.8. The van der Waals surface area contributed by atoms with Crippen LogP contribution in [0.25, 0.3) is 0 Å². The molecule has 9 fully saturated rings. The van der Waals surface area contributed by atoms with E-state index in [0.717, 1.165) is 6.42 Å². The number of alkyl halides is 16. The highest BCUT2D eigenvalue weighted by atomic mass is 32.2. The van der Waals surface area contributed by atoms with E-state index in [2.05, 4.69) is 30.5 Å². The van der Waals surface area contributed by atoms with Crippen LogP contribution in [0.15, 0.2) is 60.4 Å². The van der Waals surface area contributed by atoms with Crippen LogP contribution in [0.4, 0.5) is 70.2 Å². The van der Waals surface area contributed by atoms with Gasteiger partial charge in [-0.3, -0.25) is 41.6 Å². The highest BCUT2D eigenvalue weighted by Gasteiger charge is 2.84. The number of ether oxygens (including phenoxy) is 2. The molecular weight excluding hydrogens is 1600 g/mol. The minimum Gasteiger partial charge on any atom is -0.507 e. The third-order valence-corrected chi connectivity index (χ3v) is 25.1. The minimum absolute atomic E-state index is 0.00745. The lowest BCUT2D eigenvalue weighted by molar-refractivity contribution is -0.252. The topological polar surface area (TPSA) is 460 Å². The van der Waals surface area contributed by atoms with Crippen LogP contribution in [0.2, 0.25) is 0 Å². The molecule has 0 aromatic heterocycles. The quantitative estimate of drug-likeness (QED) is 0.00631. The molecule has 8 bridgehead atoms. The highest BCUT2D eigenvalue weighted by Crippen LogP contribution is 2.66. The summed E-state index contributed by atoms with van der Waals surface area (Å²) in [5, 5.41) is -18.6. The molecule has 8 aliphatic carbocycles. The van der Waals surface area contributed by atoms with Gasteiger partial charge in [-0.15, -0.1) is 0 Å². The van der Waals surface area contributed by atoms with Crippen LogP contribution >= 0.6 is 0 Å². The Morgan fingerprint density at radius 1 is 0.495 bits per heavy atom. The van der Waals surface area contributed by atoms with Gasteiger partial charge < -0.3 is 19.7 Å². The molecule has 9 aliphatic rings. The van der Waals surface area contributed by atoms with Crippen LogP contribution in [0.3, 0.4) is 0 Å². The van der Waals surface area contributed by atoms with Gasteiger partial charge in [0.05, 0.1) is 18.6 Å². The molecule has 1 aliphatic heterocycles. The molecule has 0 amide bonds. The number of sulfonamides is 1. The van der Waals surface area contributed by atoms with Gasteiger partial charge >= 0.3 is 106 Å². The summed E-state index contributed by atoms with van der Waals surface area (Å²) in [7, 11) is -39.4. The number of aliphatic hydroxyl groups excluding tert-OH is 2. The van der Waals surface area contributed by atoms with Gasteiger partial charge in [-0.1, -0.05) is 26.3 Å². The molecule has 0 radical (unpaired) electrons. The zero-order valence-corrected chi connectivity index (χ0v) is 59.3. The van der Waals surface area contributed by atoms with E-state index in [9.17, 15) is 155 Å². The van der Waals surface area contributed by atoms with Crippen molar-refractivity contribution in [3.8, 4) is 0 Å². The molecule has 6 N–H and O–H groups in total. The Bertz CT molecular complexity index is 4260. The van der Waals surface area contributed by atoms with E-state index in [-0.39, 0.29) is 70.5 Å². The molecule has 8 saturated carbocycles. The predicted octanol–water partition coefficient (Wildman–Crippen LogP) is 8.00. The van der Waals surface area contributed by atoms with Crippen molar-refractivity contribution in [3.05, 3.63) is 60.4 Å². The van der Waals surface area contributed by atoms with Crippen LogP contribution < -0.4 is 0 Å². The van der Waals surface area contributed by atoms with Crippen LogP contribution in [-0.2, 0) is 103 Å². The van der Waals surface area contributed by atoms with Gasteiger partial charge in [0, 0.05) is 54.6 Å². The molecule has 28 nitrogen and oxygen atoms in total. The maximum Gasteiger partial charge on any atom is 0.439 e. The molecular formula is C55H67F16NO27S6. The second-order valence-electron chi connectivity index (χ2n) is 26.8. The highest BCUT2D eigenvalue weighted by molar-refractivity contribution is 7.90. The summed E-state index contributed by atoms with van der Waals surface area (Å²) in [6.45, 7) is 14.6. The van der Waals surface area contributed by atoms with Crippen LogP contribution in [0.5, 0.6) is 0 Å². The molecule has 9 rings (SSSR count). The lowest BCUT2D eigenvalue weighted by Gasteiger charge is -2.61. The number of carbonyl (C=O) groups excluding carboxylic acids is 6. The number of piperidine rings is 1. The Balaban J connectivity index is 0.000000306. The van der Waals surface area contributed by atoms with Gasteiger partial charge in [0.1, 0.15) is 17.0 Å². The van der Waals surface area contributed by atoms with Crippen molar-refractivity contribution in [3.63, 3.8) is 0 Å². The van der Waals surface area contributed by atoms with E-state index in [1.165, 1.54) is 20.8 Å². The molecule has 602 valence electrons.